The molecule has 0 spiro atoms. The van der Waals surface area contributed by atoms with Crippen molar-refractivity contribution in [3.63, 3.8) is 0 Å². The molecule has 0 unspecified atom stereocenters. The Morgan fingerprint density at radius 2 is 0.938 bits per heavy atom. The Hall–Kier alpha value is -1.61. The summed E-state index contributed by atoms with van der Waals surface area (Å²) in [5, 5.41) is 18.6. The maximum absolute atomic E-state index is 9.28. The molecule has 0 aliphatic heterocycles. The third kappa shape index (κ3) is 9.10. The summed E-state index contributed by atoms with van der Waals surface area (Å²) in [7, 11) is 4.64. The third-order valence-corrected chi connectivity index (χ3v) is 5.93. The predicted octanol–water partition coefficient (Wildman–Crippen LogP) is 8.67. The monoisotopic (exact) mass is 490 g/mol. The molecule has 0 amide bonds. The molecule has 0 aromatic heterocycles. The van der Waals surface area contributed by atoms with Gasteiger partial charge in [-0.25, -0.2) is 0 Å². The van der Waals surface area contributed by atoms with Crippen molar-refractivity contribution >= 4 is 9.30 Å². The molecule has 0 saturated heterocycles. The summed E-state index contributed by atoms with van der Waals surface area (Å²) in [5.41, 5.74) is 9.37. The van der Waals surface area contributed by atoms with E-state index in [0.29, 0.717) is 23.3 Å². The number of hydrogen-bond donors (Lipinski definition) is 2. The molecule has 0 aliphatic rings. The van der Waals surface area contributed by atoms with Gasteiger partial charge in [-0.15, -0.1) is 0 Å². The Labute approximate surface area is 211 Å². The van der Waals surface area contributed by atoms with Crippen LogP contribution >= 0.6 is 9.30 Å². The van der Waals surface area contributed by atoms with Crippen molar-refractivity contribution < 1.29 is 29.6 Å². The molecule has 0 aliphatic carbocycles. The van der Waals surface area contributed by atoms with E-state index >= 15 is 0 Å². The van der Waals surface area contributed by atoms with Crippen LogP contribution < -0.4 is 0 Å². The van der Waals surface area contributed by atoms with Crippen molar-refractivity contribution in [2.45, 2.75) is 74.1 Å². The molecule has 174 valence electrons. The van der Waals surface area contributed by atoms with Crippen molar-refractivity contribution in [2.24, 2.45) is 0 Å². The van der Waals surface area contributed by atoms with Gasteiger partial charge in [-0.05, 0) is 35.1 Å². The Balaban J connectivity index is 0.000000433. The number of para-hydroxylation sites is 2. The number of phenols is 2. The number of hydrogen-bond acceptors (Lipinski definition) is 2. The minimum atomic E-state index is 0.400. The summed E-state index contributed by atoms with van der Waals surface area (Å²) in [5.74, 6) is 1.61. The van der Waals surface area contributed by atoms with Crippen LogP contribution in [-0.4, -0.2) is 10.2 Å². The van der Waals surface area contributed by atoms with Gasteiger partial charge in [-0.2, -0.15) is 27.8 Å². The molecule has 3 aromatic carbocycles. The van der Waals surface area contributed by atoms with E-state index in [1.807, 2.05) is 36.4 Å². The van der Waals surface area contributed by atoms with Gasteiger partial charge >= 0.3 is 28.7 Å². The topological polar surface area (TPSA) is 40.5 Å². The van der Waals surface area contributed by atoms with Crippen LogP contribution in [-0.2, 0) is 19.4 Å². The zero-order chi connectivity index (χ0) is 25.0. The first-order chi connectivity index (χ1) is 15.0. The molecular formula is C28H39ClO2Ti. The molecule has 3 aromatic rings. The van der Waals surface area contributed by atoms with E-state index in [4.69, 9.17) is 0 Å². The molecule has 0 bridgehead atoms. The Morgan fingerprint density at radius 3 is 1.09 bits per heavy atom. The molecule has 2 nitrogen and oxygen atoms in total. The number of rotatable bonds is 2. The van der Waals surface area contributed by atoms with E-state index in [1.54, 1.807) is 12.1 Å². The van der Waals surface area contributed by atoms with Crippen LogP contribution in [0.2, 0.25) is 0 Å². The van der Waals surface area contributed by atoms with Gasteiger partial charge in [0.05, 0.1) is 0 Å². The standard InChI is InChI=1S/C10H15.2C9H12O.ClH.Ti/c1-6-7(2)9(4)10(5)8(6)3;2*1-7(2)8-5-3-4-6-9(8)10;;/h1-5H3;2*3-7,10H,1-2H3;1H;/q-1;;;;+2/p-1. The first-order valence-electron chi connectivity index (χ1n) is 10.9. The van der Waals surface area contributed by atoms with Gasteiger partial charge in [-0.3, -0.25) is 0 Å². The average Bonchev–Trinajstić information content (AvgIpc) is 2.94. The van der Waals surface area contributed by atoms with Crippen LogP contribution in [0.4, 0.5) is 0 Å². The van der Waals surface area contributed by atoms with E-state index in [-0.39, 0.29) is 0 Å². The van der Waals surface area contributed by atoms with Gasteiger partial charge in [0.2, 0.25) is 0 Å². The Morgan fingerprint density at radius 1 is 0.656 bits per heavy atom. The van der Waals surface area contributed by atoms with Crippen LogP contribution in [0, 0.1) is 34.6 Å². The zero-order valence-electron chi connectivity index (χ0n) is 21.0. The first-order valence-corrected chi connectivity index (χ1v) is 13.1. The van der Waals surface area contributed by atoms with Crippen LogP contribution in [0.5, 0.6) is 11.5 Å². The van der Waals surface area contributed by atoms with Crippen molar-refractivity contribution in [3.05, 3.63) is 87.5 Å². The fourth-order valence-corrected chi connectivity index (χ4v) is 3.36. The molecule has 0 radical (unpaired) electrons. The van der Waals surface area contributed by atoms with Gasteiger partial charge < -0.3 is 10.2 Å². The molecule has 0 atom stereocenters. The second-order valence-electron chi connectivity index (χ2n) is 8.55. The molecule has 0 fully saturated rings. The number of aromatic hydroxyl groups is 2. The SMILES string of the molecule is CC(C)c1ccccc1O.CC(C)c1ccccc1O.Cc1c(C)c(C)[c-](C)c1C.[Cl][Ti+]. The first kappa shape index (κ1) is 30.4. The third-order valence-electron chi connectivity index (χ3n) is 5.93. The van der Waals surface area contributed by atoms with Crippen LogP contribution in [0.25, 0.3) is 0 Å². The van der Waals surface area contributed by atoms with Crippen molar-refractivity contribution in [1.82, 2.24) is 0 Å². The van der Waals surface area contributed by atoms with Gasteiger partial charge in [0.15, 0.2) is 0 Å². The van der Waals surface area contributed by atoms with E-state index in [1.165, 1.54) is 47.2 Å². The molecule has 3 rings (SSSR count). The quantitative estimate of drug-likeness (QED) is 0.278. The van der Waals surface area contributed by atoms with Gasteiger partial charge in [0.25, 0.3) is 0 Å². The Bertz CT molecular complexity index is 813. The number of halogens is 1. The summed E-state index contributed by atoms with van der Waals surface area (Å²) in [6.07, 6.45) is 0. The maximum atomic E-state index is 9.28. The van der Waals surface area contributed by atoms with Crippen LogP contribution in [0.15, 0.2) is 48.5 Å². The summed E-state index contributed by atoms with van der Waals surface area (Å²) >= 11 is 1.47. The number of phenolic OH excluding ortho intramolecular Hbond substituents is 2. The summed E-state index contributed by atoms with van der Waals surface area (Å²) < 4.78 is 0. The van der Waals surface area contributed by atoms with Gasteiger partial charge in [-0.1, -0.05) is 98.7 Å². The summed E-state index contributed by atoms with van der Waals surface area (Å²) in [6, 6.07) is 14.9. The second kappa shape index (κ2) is 15.3. The molecular weight excluding hydrogens is 452 g/mol. The second-order valence-corrected chi connectivity index (χ2v) is 8.55. The predicted molar refractivity (Wildman–Crippen MR) is 136 cm³/mol. The Kier molecular flexibility index (Phi) is 14.5. The van der Waals surface area contributed by atoms with Crippen LogP contribution in [0.1, 0.15) is 78.5 Å². The van der Waals surface area contributed by atoms with E-state index in [0.717, 1.165) is 11.1 Å². The van der Waals surface area contributed by atoms with Gasteiger partial charge in [0.1, 0.15) is 11.5 Å². The zero-order valence-corrected chi connectivity index (χ0v) is 23.4. The normalized spacial score (nSPS) is 9.84. The fourth-order valence-electron chi connectivity index (χ4n) is 3.36. The fraction of sp³-hybridized carbons (Fsp3) is 0.393. The van der Waals surface area contributed by atoms with Crippen molar-refractivity contribution in [1.29, 1.82) is 0 Å². The molecule has 2 N–H and O–H groups in total. The van der Waals surface area contributed by atoms with Crippen LogP contribution in [0.3, 0.4) is 0 Å². The molecule has 4 heteroatoms. The van der Waals surface area contributed by atoms with Gasteiger partial charge in [0, 0.05) is 0 Å². The van der Waals surface area contributed by atoms with E-state index in [9.17, 15) is 10.2 Å². The number of benzene rings is 2. The molecule has 0 saturated carbocycles. The van der Waals surface area contributed by atoms with Crippen molar-refractivity contribution in [2.75, 3.05) is 0 Å². The molecule has 32 heavy (non-hydrogen) atoms. The van der Waals surface area contributed by atoms with E-state index in [2.05, 4.69) is 71.6 Å². The summed E-state index contributed by atoms with van der Waals surface area (Å²) in [4.78, 5) is 0. The summed E-state index contributed by atoms with van der Waals surface area (Å²) in [6.45, 7) is 19.3. The minimum absolute atomic E-state index is 0.400. The van der Waals surface area contributed by atoms with Crippen molar-refractivity contribution in [3.8, 4) is 11.5 Å². The average molecular weight is 491 g/mol. The molecule has 0 heterocycles. The van der Waals surface area contributed by atoms with E-state index < -0.39 is 0 Å².